The number of nitrogens with zero attached hydrogens (tertiary/aromatic N) is 2. The lowest BCUT2D eigenvalue weighted by Crippen LogP contribution is -2.28. The van der Waals surface area contributed by atoms with Gasteiger partial charge in [-0.3, -0.25) is 4.79 Å². The highest BCUT2D eigenvalue weighted by molar-refractivity contribution is 7.80. The number of aliphatic imine (C=N–C) groups is 1. The van der Waals surface area contributed by atoms with Gasteiger partial charge in [0, 0.05) is 26.4 Å². The summed E-state index contributed by atoms with van der Waals surface area (Å²) in [4.78, 5) is 20.1. The predicted molar refractivity (Wildman–Crippen MR) is 132 cm³/mol. The number of carbonyl (C=O) groups excluding carboxylic acids is 1. The van der Waals surface area contributed by atoms with E-state index >= 15 is 0 Å². The summed E-state index contributed by atoms with van der Waals surface area (Å²) < 4.78 is 5.52. The van der Waals surface area contributed by atoms with E-state index in [4.69, 9.17) is 21.9 Å². The van der Waals surface area contributed by atoms with Crippen LogP contribution in [0.3, 0.4) is 0 Å². The third-order valence-corrected chi connectivity index (χ3v) is 6.59. The summed E-state index contributed by atoms with van der Waals surface area (Å²) in [7, 11) is 4.12. The van der Waals surface area contributed by atoms with Crippen LogP contribution < -0.4 is 0 Å². The van der Waals surface area contributed by atoms with Crippen LogP contribution in [-0.2, 0) is 9.53 Å². The number of hydrogen-bond acceptors (Lipinski definition) is 3. The highest BCUT2D eigenvalue weighted by Gasteiger charge is 2.29. The molecule has 1 fully saturated rings. The molecule has 0 atom stereocenters. The van der Waals surface area contributed by atoms with E-state index in [1.807, 2.05) is 0 Å². The summed E-state index contributed by atoms with van der Waals surface area (Å²) in [5.74, 6) is 1.48. The normalized spacial score (nSPS) is 19.5. The van der Waals surface area contributed by atoms with Gasteiger partial charge < -0.3 is 9.64 Å². The molecule has 0 aromatic heterocycles. The zero-order valence-electron chi connectivity index (χ0n) is 20.1. The van der Waals surface area contributed by atoms with E-state index in [1.165, 1.54) is 51.4 Å². The van der Waals surface area contributed by atoms with Crippen molar-refractivity contribution < 1.29 is 9.53 Å². The van der Waals surface area contributed by atoms with Gasteiger partial charge in [0.25, 0.3) is 0 Å². The first kappa shape index (κ1) is 27.1. The Hall–Kier alpha value is -0.970. The SMILES string of the molecule is CCCCCCCOC(=O)C1CCC(C(=S)/N=C(\CCCCCCC)N(C)C)CC1. The molecule has 1 rings (SSSR count). The van der Waals surface area contributed by atoms with Crippen LogP contribution >= 0.6 is 12.2 Å². The highest BCUT2D eigenvalue weighted by Crippen LogP contribution is 2.31. The minimum Gasteiger partial charge on any atom is -0.465 e. The number of unbranched alkanes of at least 4 members (excludes halogenated alkanes) is 8. The topological polar surface area (TPSA) is 41.9 Å². The summed E-state index contributed by atoms with van der Waals surface area (Å²) in [6.45, 7) is 5.03. The minimum atomic E-state index is -0.000536. The molecule has 0 radical (unpaired) electrons. The van der Waals surface area contributed by atoms with Gasteiger partial charge in [-0.1, -0.05) is 77.4 Å². The molecule has 0 N–H and O–H groups in total. The lowest BCUT2D eigenvalue weighted by atomic mass is 9.82. The zero-order valence-corrected chi connectivity index (χ0v) is 20.9. The molecule has 1 saturated carbocycles. The Bertz CT molecular complexity index is 511. The lowest BCUT2D eigenvalue weighted by molar-refractivity contribution is -0.149. The van der Waals surface area contributed by atoms with Crippen LogP contribution in [0.1, 0.15) is 110 Å². The minimum absolute atomic E-state index is 0.000536. The first-order valence-electron chi connectivity index (χ1n) is 12.4. The second kappa shape index (κ2) is 16.7. The summed E-state index contributed by atoms with van der Waals surface area (Å²) in [6, 6.07) is 0. The molecule has 0 heterocycles. The van der Waals surface area contributed by atoms with Crippen molar-refractivity contribution in [3.63, 3.8) is 0 Å². The van der Waals surface area contributed by atoms with Crippen molar-refractivity contribution >= 4 is 29.0 Å². The van der Waals surface area contributed by atoms with Gasteiger partial charge in [0.05, 0.1) is 12.5 Å². The number of thiocarbonyl (C=S) groups is 1. The molecule has 0 amide bonds. The van der Waals surface area contributed by atoms with Crippen molar-refractivity contribution in [3.8, 4) is 0 Å². The van der Waals surface area contributed by atoms with Gasteiger partial charge in [-0.2, -0.15) is 0 Å². The fraction of sp³-hybridized carbons (Fsp3) is 0.880. The summed E-state index contributed by atoms with van der Waals surface area (Å²) >= 11 is 5.68. The maximum atomic E-state index is 12.3. The number of amidine groups is 1. The molecular weight excluding hydrogens is 392 g/mol. The second-order valence-electron chi connectivity index (χ2n) is 9.06. The molecule has 1 aliphatic rings. The third-order valence-electron chi connectivity index (χ3n) is 6.16. The Kier molecular flexibility index (Phi) is 15.1. The predicted octanol–water partition coefficient (Wildman–Crippen LogP) is 6.95. The van der Waals surface area contributed by atoms with Gasteiger partial charge in [-0.05, 0) is 38.5 Å². The maximum absolute atomic E-state index is 12.3. The van der Waals surface area contributed by atoms with E-state index in [2.05, 4.69) is 32.8 Å². The fourth-order valence-corrected chi connectivity index (χ4v) is 4.40. The quantitative estimate of drug-likeness (QED) is 0.0967. The van der Waals surface area contributed by atoms with Crippen molar-refractivity contribution in [2.75, 3.05) is 20.7 Å². The Morgan fingerprint density at radius 3 is 1.97 bits per heavy atom. The van der Waals surface area contributed by atoms with Crippen LogP contribution in [0.2, 0.25) is 0 Å². The number of hydrogen-bond donors (Lipinski definition) is 0. The van der Waals surface area contributed by atoms with Crippen molar-refractivity contribution in [1.29, 1.82) is 0 Å². The monoisotopic (exact) mass is 438 g/mol. The molecular formula is C25H46N2O2S. The number of rotatable bonds is 14. The maximum Gasteiger partial charge on any atom is 0.308 e. The van der Waals surface area contributed by atoms with E-state index < -0.39 is 0 Å². The lowest BCUT2D eigenvalue weighted by Gasteiger charge is -2.27. The van der Waals surface area contributed by atoms with Gasteiger partial charge in [0.2, 0.25) is 0 Å². The number of esters is 1. The van der Waals surface area contributed by atoms with Crippen molar-refractivity contribution in [1.82, 2.24) is 4.90 Å². The Morgan fingerprint density at radius 2 is 1.40 bits per heavy atom. The van der Waals surface area contributed by atoms with Crippen LogP contribution in [0, 0.1) is 11.8 Å². The second-order valence-corrected chi connectivity index (χ2v) is 9.47. The van der Waals surface area contributed by atoms with E-state index in [-0.39, 0.29) is 11.9 Å². The van der Waals surface area contributed by atoms with E-state index in [1.54, 1.807) is 0 Å². The van der Waals surface area contributed by atoms with Gasteiger partial charge in [0.15, 0.2) is 0 Å². The smallest absolute Gasteiger partial charge is 0.308 e. The molecule has 0 unspecified atom stereocenters. The van der Waals surface area contributed by atoms with E-state index in [0.29, 0.717) is 12.5 Å². The highest BCUT2D eigenvalue weighted by atomic mass is 32.1. The summed E-state index contributed by atoms with van der Waals surface area (Å²) in [5, 5.41) is 0. The molecule has 0 bridgehead atoms. The molecule has 0 aliphatic heterocycles. The average molecular weight is 439 g/mol. The molecule has 0 saturated heterocycles. The molecule has 174 valence electrons. The molecule has 0 spiro atoms. The summed E-state index contributed by atoms with van der Waals surface area (Å²) in [5.41, 5.74) is 0. The third kappa shape index (κ3) is 11.4. The number of carbonyl (C=O) groups is 1. The number of ether oxygens (including phenoxy) is 1. The van der Waals surface area contributed by atoms with Gasteiger partial charge in [-0.25, -0.2) is 4.99 Å². The van der Waals surface area contributed by atoms with Crippen LogP contribution in [-0.4, -0.2) is 42.4 Å². The van der Waals surface area contributed by atoms with Gasteiger partial charge >= 0.3 is 5.97 Å². The Labute approximate surface area is 191 Å². The molecule has 0 aromatic rings. The molecule has 4 nitrogen and oxygen atoms in total. The van der Waals surface area contributed by atoms with Crippen LogP contribution in [0.4, 0.5) is 0 Å². The first-order chi connectivity index (χ1) is 14.5. The van der Waals surface area contributed by atoms with Crippen molar-refractivity contribution in [2.24, 2.45) is 16.8 Å². The molecule has 5 heteroatoms. The largest absolute Gasteiger partial charge is 0.465 e. The fourth-order valence-electron chi connectivity index (χ4n) is 4.06. The van der Waals surface area contributed by atoms with E-state index in [9.17, 15) is 4.79 Å². The average Bonchev–Trinajstić information content (AvgIpc) is 2.74. The van der Waals surface area contributed by atoms with Gasteiger partial charge in [0.1, 0.15) is 10.8 Å². The van der Waals surface area contributed by atoms with Gasteiger partial charge in [-0.15, -0.1) is 0 Å². The first-order valence-corrected chi connectivity index (χ1v) is 12.9. The van der Waals surface area contributed by atoms with E-state index in [0.717, 1.165) is 55.8 Å². The van der Waals surface area contributed by atoms with Crippen molar-refractivity contribution in [2.45, 2.75) is 110 Å². The molecule has 0 aromatic carbocycles. The molecule has 1 aliphatic carbocycles. The molecule has 30 heavy (non-hydrogen) atoms. The summed E-state index contributed by atoms with van der Waals surface area (Å²) in [6.07, 6.45) is 16.9. The standard InChI is InChI=1S/C25H46N2O2S/c1-5-7-9-11-13-15-23(27(3)4)26-24(30)21-16-18-22(19-17-21)25(28)29-20-14-12-10-8-6-2/h21-22H,5-20H2,1-4H3/b26-23+. The zero-order chi connectivity index (χ0) is 22.2. The Morgan fingerprint density at radius 1 is 0.867 bits per heavy atom. The van der Waals surface area contributed by atoms with Crippen LogP contribution in [0.15, 0.2) is 4.99 Å². The van der Waals surface area contributed by atoms with Crippen LogP contribution in [0.5, 0.6) is 0 Å². The van der Waals surface area contributed by atoms with Crippen LogP contribution in [0.25, 0.3) is 0 Å². The Balaban J connectivity index is 2.35. The van der Waals surface area contributed by atoms with Crippen molar-refractivity contribution in [3.05, 3.63) is 0 Å².